The third-order valence-corrected chi connectivity index (χ3v) is 3.05. The van der Waals surface area contributed by atoms with Crippen molar-refractivity contribution in [3.8, 4) is 5.75 Å². The van der Waals surface area contributed by atoms with E-state index in [1.165, 1.54) is 5.56 Å². The van der Waals surface area contributed by atoms with Crippen LogP contribution in [-0.4, -0.2) is 24.3 Å². The standard InChI is InChI=1S/C13H19NO2S/c1-9(2)10-5-6-12(16-4)11(7-10)8-14(3)13(15)17/h5-7,9H,8H2,1-4H3,(H,15,17). The largest absolute Gasteiger partial charge is 0.496 e. The molecular weight excluding hydrogens is 234 g/mol. The maximum Gasteiger partial charge on any atom is 0.278 e. The maximum atomic E-state index is 11.1. The second-order valence-corrected chi connectivity index (χ2v) is 4.75. The van der Waals surface area contributed by atoms with E-state index in [2.05, 4.69) is 38.6 Å². The van der Waals surface area contributed by atoms with Crippen LogP contribution in [0, 0.1) is 0 Å². The molecule has 0 N–H and O–H groups in total. The summed E-state index contributed by atoms with van der Waals surface area (Å²) < 4.78 is 5.30. The Kier molecular flexibility index (Phi) is 4.87. The number of amides is 1. The molecule has 0 saturated heterocycles. The Labute approximate surface area is 108 Å². The first-order valence-electron chi connectivity index (χ1n) is 5.56. The second kappa shape index (κ2) is 5.96. The second-order valence-electron chi connectivity index (χ2n) is 4.36. The zero-order chi connectivity index (χ0) is 13.0. The van der Waals surface area contributed by atoms with Gasteiger partial charge in [-0.15, -0.1) is 0 Å². The lowest BCUT2D eigenvalue weighted by Crippen LogP contribution is -2.20. The molecule has 0 aliphatic rings. The van der Waals surface area contributed by atoms with Crippen LogP contribution < -0.4 is 4.74 Å². The maximum absolute atomic E-state index is 11.1. The molecule has 0 atom stereocenters. The molecule has 17 heavy (non-hydrogen) atoms. The van der Waals surface area contributed by atoms with Crippen molar-refractivity contribution in [2.75, 3.05) is 14.2 Å². The Morgan fingerprint density at radius 3 is 2.59 bits per heavy atom. The van der Waals surface area contributed by atoms with Crippen LogP contribution in [0.4, 0.5) is 4.79 Å². The van der Waals surface area contributed by atoms with Crippen molar-refractivity contribution in [2.24, 2.45) is 0 Å². The van der Waals surface area contributed by atoms with Gasteiger partial charge in [-0.3, -0.25) is 4.79 Å². The minimum Gasteiger partial charge on any atom is -0.496 e. The topological polar surface area (TPSA) is 29.5 Å². The highest BCUT2D eigenvalue weighted by Gasteiger charge is 2.11. The predicted molar refractivity (Wildman–Crippen MR) is 72.9 cm³/mol. The molecule has 0 unspecified atom stereocenters. The number of ether oxygens (including phenoxy) is 1. The van der Waals surface area contributed by atoms with Crippen molar-refractivity contribution in [3.05, 3.63) is 29.3 Å². The molecule has 1 rings (SSSR count). The van der Waals surface area contributed by atoms with Gasteiger partial charge in [0, 0.05) is 19.2 Å². The lowest BCUT2D eigenvalue weighted by Gasteiger charge is -2.18. The van der Waals surface area contributed by atoms with Crippen molar-refractivity contribution in [1.82, 2.24) is 4.90 Å². The number of benzene rings is 1. The SMILES string of the molecule is COc1ccc(C(C)C)cc1CN(C)C(=O)S. The molecule has 3 nitrogen and oxygen atoms in total. The van der Waals surface area contributed by atoms with Gasteiger partial charge in [-0.1, -0.05) is 38.6 Å². The lowest BCUT2D eigenvalue weighted by atomic mass is 10.00. The van der Waals surface area contributed by atoms with Crippen molar-refractivity contribution in [1.29, 1.82) is 0 Å². The summed E-state index contributed by atoms with van der Waals surface area (Å²) in [4.78, 5) is 12.7. The van der Waals surface area contributed by atoms with Gasteiger partial charge in [0.2, 0.25) is 0 Å². The first-order chi connectivity index (χ1) is 7.95. The summed E-state index contributed by atoms with van der Waals surface area (Å²) >= 11 is 3.80. The molecule has 0 radical (unpaired) electrons. The molecule has 0 fully saturated rings. The van der Waals surface area contributed by atoms with Crippen molar-refractivity contribution in [3.63, 3.8) is 0 Å². The third kappa shape index (κ3) is 3.66. The van der Waals surface area contributed by atoms with E-state index in [4.69, 9.17) is 4.74 Å². The molecule has 4 heteroatoms. The predicted octanol–water partition coefficient (Wildman–Crippen LogP) is 3.30. The fourth-order valence-corrected chi connectivity index (χ4v) is 1.68. The Morgan fingerprint density at radius 2 is 2.12 bits per heavy atom. The number of methoxy groups -OCH3 is 1. The molecule has 0 aromatic heterocycles. The Morgan fingerprint density at radius 1 is 1.47 bits per heavy atom. The van der Waals surface area contributed by atoms with E-state index in [-0.39, 0.29) is 5.24 Å². The van der Waals surface area contributed by atoms with Gasteiger partial charge in [0.15, 0.2) is 0 Å². The normalized spacial score (nSPS) is 10.5. The number of carbonyl (C=O) groups excluding carboxylic acids is 1. The number of thiol groups is 1. The van der Waals surface area contributed by atoms with E-state index in [0.717, 1.165) is 11.3 Å². The molecule has 1 aromatic carbocycles. The summed E-state index contributed by atoms with van der Waals surface area (Å²) in [6, 6.07) is 6.08. The number of rotatable bonds is 4. The van der Waals surface area contributed by atoms with E-state index in [0.29, 0.717) is 12.5 Å². The molecule has 0 bridgehead atoms. The van der Waals surface area contributed by atoms with E-state index >= 15 is 0 Å². The summed E-state index contributed by atoms with van der Waals surface area (Å²) in [6.07, 6.45) is 0. The Balaban J connectivity index is 3.01. The highest BCUT2D eigenvalue weighted by Crippen LogP contribution is 2.25. The monoisotopic (exact) mass is 253 g/mol. The number of hydrogen-bond acceptors (Lipinski definition) is 2. The summed E-state index contributed by atoms with van der Waals surface area (Å²) in [5.74, 6) is 1.26. The summed E-state index contributed by atoms with van der Waals surface area (Å²) in [5.41, 5.74) is 2.24. The van der Waals surface area contributed by atoms with E-state index in [1.807, 2.05) is 6.07 Å². The van der Waals surface area contributed by atoms with Gasteiger partial charge >= 0.3 is 0 Å². The van der Waals surface area contributed by atoms with Gasteiger partial charge in [-0.05, 0) is 17.5 Å². The van der Waals surface area contributed by atoms with E-state index in [1.54, 1.807) is 19.1 Å². The average Bonchev–Trinajstić information content (AvgIpc) is 2.28. The molecule has 0 spiro atoms. The smallest absolute Gasteiger partial charge is 0.278 e. The van der Waals surface area contributed by atoms with Crippen LogP contribution in [0.5, 0.6) is 5.75 Å². The van der Waals surface area contributed by atoms with Gasteiger partial charge in [-0.2, -0.15) is 0 Å². The van der Waals surface area contributed by atoms with Crippen LogP contribution >= 0.6 is 12.6 Å². The minimum absolute atomic E-state index is 0.248. The van der Waals surface area contributed by atoms with Crippen molar-refractivity contribution >= 4 is 17.9 Å². The lowest BCUT2D eigenvalue weighted by molar-refractivity contribution is 0.231. The zero-order valence-electron chi connectivity index (χ0n) is 10.7. The molecule has 0 aliphatic carbocycles. The molecule has 0 saturated carbocycles. The highest BCUT2D eigenvalue weighted by atomic mass is 32.1. The Bertz CT molecular complexity index is 404. The van der Waals surface area contributed by atoms with Crippen molar-refractivity contribution in [2.45, 2.75) is 26.3 Å². The van der Waals surface area contributed by atoms with Crippen LogP contribution in [0.1, 0.15) is 30.9 Å². The van der Waals surface area contributed by atoms with E-state index in [9.17, 15) is 4.79 Å². The highest BCUT2D eigenvalue weighted by molar-refractivity contribution is 7.96. The molecule has 94 valence electrons. The number of hydrogen-bond donors (Lipinski definition) is 1. The fraction of sp³-hybridized carbons (Fsp3) is 0.462. The fourth-order valence-electron chi connectivity index (χ4n) is 1.60. The zero-order valence-corrected chi connectivity index (χ0v) is 11.6. The molecule has 1 aromatic rings. The Hall–Kier alpha value is -1.16. The van der Waals surface area contributed by atoms with Crippen LogP contribution in [0.3, 0.4) is 0 Å². The van der Waals surface area contributed by atoms with Crippen LogP contribution in [-0.2, 0) is 6.54 Å². The van der Waals surface area contributed by atoms with Crippen LogP contribution in [0.2, 0.25) is 0 Å². The quantitative estimate of drug-likeness (QED) is 0.834. The first kappa shape index (κ1) is 13.9. The first-order valence-corrected chi connectivity index (χ1v) is 6.01. The van der Waals surface area contributed by atoms with Gasteiger partial charge in [0.1, 0.15) is 5.75 Å². The van der Waals surface area contributed by atoms with Crippen LogP contribution in [0.15, 0.2) is 18.2 Å². The van der Waals surface area contributed by atoms with Crippen molar-refractivity contribution < 1.29 is 9.53 Å². The molecule has 0 aliphatic heterocycles. The minimum atomic E-state index is -0.248. The summed E-state index contributed by atoms with van der Waals surface area (Å²) in [7, 11) is 3.35. The third-order valence-electron chi connectivity index (χ3n) is 2.71. The van der Waals surface area contributed by atoms with Gasteiger partial charge in [-0.25, -0.2) is 0 Å². The summed E-state index contributed by atoms with van der Waals surface area (Å²) in [6.45, 7) is 4.78. The summed E-state index contributed by atoms with van der Waals surface area (Å²) in [5, 5.41) is -0.248. The number of nitrogens with zero attached hydrogens (tertiary/aromatic N) is 1. The molecule has 1 amide bonds. The van der Waals surface area contributed by atoms with Gasteiger partial charge in [0.05, 0.1) is 7.11 Å². The van der Waals surface area contributed by atoms with E-state index < -0.39 is 0 Å². The molecular formula is C13H19NO2S. The van der Waals surface area contributed by atoms with Gasteiger partial charge < -0.3 is 9.64 Å². The van der Waals surface area contributed by atoms with Gasteiger partial charge in [0.25, 0.3) is 5.24 Å². The average molecular weight is 253 g/mol. The number of carbonyl (C=O) groups is 1. The van der Waals surface area contributed by atoms with Crippen LogP contribution in [0.25, 0.3) is 0 Å². The molecule has 0 heterocycles.